The first-order valence-corrected chi connectivity index (χ1v) is 21.2. The molecule has 0 aromatic heterocycles. The molecule has 1 heterocycles. The molecule has 0 unspecified atom stereocenters. The number of fused-ring (bicyclic) bond motifs is 2. The number of carbonyl (C=O) groups is 1. The van der Waals surface area contributed by atoms with Gasteiger partial charge in [0.05, 0.1) is 35.8 Å². The van der Waals surface area contributed by atoms with Gasteiger partial charge in [-0.1, -0.05) is 48.3 Å². The number of ether oxygens (including phenoxy) is 4. The molecule has 3 aliphatic rings. The third-order valence-electron chi connectivity index (χ3n) is 11.5. The maximum atomic E-state index is 14.4. The fourth-order valence-electron chi connectivity index (χ4n) is 9.00. The molecule has 1 aliphatic heterocycles. The van der Waals surface area contributed by atoms with Gasteiger partial charge in [-0.05, 0) is 113 Å². The molecular formula is C47H58FN3O10. The van der Waals surface area contributed by atoms with E-state index in [9.17, 15) is 29.5 Å². The fraction of sp³-hybridized carbons (Fsp3) is 0.489. The number of nitro groups is 1. The van der Waals surface area contributed by atoms with E-state index >= 15 is 0 Å². The molecular weight excluding hydrogens is 786 g/mol. The number of nitrogens with zero attached hydrogens (tertiary/aromatic N) is 3. The standard InChI is InChI=1S/C47H58FN3O10/c1-6-25-58-47-42(50(45(54)57-7-2)30-31-17-19-33(48)20-18-31)29-40(49-61-46(3,4)5)38-26-32(13-8-10-23-52)37(16-9-11-24-53)43(44(38)47)39-28-36(21-22-41(39)60-47)59-35-15-12-14-34(27-35)51(55)56/h6,12,14-15,17-22,26-28,32,37,42-44,52-53H,1,7-11,13,16,23-25,29-30H2,2-5H3/t32-,37+,42-,43+,44+,47+/m0/s1. The first-order valence-electron chi connectivity index (χ1n) is 21.2. The number of unbranched alkanes of at least 4 members (excludes halogenated alkanes) is 2. The summed E-state index contributed by atoms with van der Waals surface area (Å²) in [6, 6.07) is 16.5. The van der Waals surface area contributed by atoms with Crippen molar-refractivity contribution in [3.63, 3.8) is 0 Å². The smallest absolute Gasteiger partial charge is 0.410 e. The lowest BCUT2D eigenvalue weighted by Gasteiger charge is -2.60. The van der Waals surface area contributed by atoms with Crippen LogP contribution in [0.25, 0.3) is 0 Å². The minimum absolute atomic E-state index is 0.0114. The first-order chi connectivity index (χ1) is 29.3. The van der Waals surface area contributed by atoms with Crippen molar-refractivity contribution < 1.29 is 48.1 Å². The van der Waals surface area contributed by atoms with Gasteiger partial charge in [-0.3, -0.25) is 15.0 Å². The number of halogens is 1. The number of aliphatic hydroxyl groups is 2. The van der Waals surface area contributed by atoms with Gasteiger partial charge in [-0.2, -0.15) is 0 Å². The van der Waals surface area contributed by atoms with Crippen LogP contribution in [0.15, 0.2) is 96.2 Å². The molecule has 3 aromatic rings. The number of carbonyl (C=O) groups excluding carboxylic acids is 1. The highest BCUT2D eigenvalue weighted by Crippen LogP contribution is 2.62. The van der Waals surface area contributed by atoms with E-state index in [1.165, 1.54) is 24.3 Å². The average molecular weight is 844 g/mol. The van der Waals surface area contributed by atoms with Gasteiger partial charge in [0.1, 0.15) is 34.7 Å². The Morgan fingerprint density at radius 3 is 2.44 bits per heavy atom. The molecule has 1 amide bonds. The second-order valence-electron chi connectivity index (χ2n) is 16.8. The van der Waals surface area contributed by atoms with Crippen molar-refractivity contribution in [3.05, 3.63) is 118 Å². The van der Waals surface area contributed by atoms with Gasteiger partial charge in [0.25, 0.3) is 5.69 Å². The predicted molar refractivity (Wildman–Crippen MR) is 228 cm³/mol. The van der Waals surface area contributed by atoms with Crippen LogP contribution in [0.2, 0.25) is 0 Å². The summed E-state index contributed by atoms with van der Waals surface area (Å²) in [5.41, 5.74) is 2.16. The van der Waals surface area contributed by atoms with Gasteiger partial charge in [0.2, 0.25) is 5.79 Å². The number of amides is 1. The molecule has 328 valence electrons. The zero-order chi connectivity index (χ0) is 43.7. The van der Waals surface area contributed by atoms with Crippen LogP contribution in [0.4, 0.5) is 14.9 Å². The summed E-state index contributed by atoms with van der Waals surface area (Å²) >= 11 is 0. The Morgan fingerprint density at radius 1 is 1.05 bits per heavy atom. The maximum Gasteiger partial charge on any atom is 0.410 e. The highest BCUT2D eigenvalue weighted by molar-refractivity contribution is 6.03. The summed E-state index contributed by atoms with van der Waals surface area (Å²) in [5.74, 6) is -1.76. The molecule has 0 radical (unpaired) electrons. The molecule has 14 heteroatoms. The van der Waals surface area contributed by atoms with E-state index in [1.807, 2.05) is 26.8 Å². The monoisotopic (exact) mass is 843 g/mol. The van der Waals surface area contributed by atoms with Crippen molar-refractivity contribution in [1.29, 1.82) is 0 Å². The van der Waals surface area contributed by atoms with Crippen LogP contribution >= 0.6 is 0 Å². The maximum absolute atomic E-state index is 14.4. The lowest BCUT2D eigenvalue weighted by Crippen LogP contribution is -2.70. The van der Waals surface area contributed by atoms with Crippen molar-refractivity contribution in [2.24, 2.45) is 22.9 Å². The Hall–Kier alpha value is -5.31. The van der Waals surface area contributed by atoms with E-state index in [1.54, 1.807) is 54.3 Å². The second-order valence-corrected chi connectivity index (χ2v) is 16.8. The Balaban J connectivity index is 1.62. The largest absolute Gasteiger partial charge is 0.459 e. The van der Waals surface area contributed by atoms with E-state index in [0.29, 0.717) is 35.6 Å². The van der Waals surface area contributed by atoms with Gasteiger partial charge in [0.15, 0.2) is 0 Å². The number of hydrogen-bond donors (Lipinski definition) is 2. The zero-order valence-electron chi connectivity index (χ0n) is 35.5. The van der Waals surface area contributed by atoms with Crippen LogP contribution in [-0.4, -0.2) is 75.7 Å². The van der Waals surface area contributed by atoms with Crippen LogP contribution in [0, 0.1) is 33.7 Å². The number of hydrogen-bond acceptors (Lipinski definition) is 11. The third kappa shape index (κ3) is 10.4. The van der Waals surface area contributed by atoms with E-state index < -0.39 is 40.2 Å². The molecule has 0 spiro atoms. The summed E-state index contributed by atoms with van der Waals surface area (Å²) in [6.45, 7) is 11.7. The van der Waals surface area contributed by atoms with Crippen LogP contribution in [0.5, 0.6) is 17.2 Å². The predicted octanol–water partition coefficient (Wildman–Crippen LogP) is 9.62. The fourth-order valence-corrected chi connectivity index (χ4v) is 9.00. The number of nitro benzene ring substituents is 1. The quantitative estimate of drug-likeness (QED) is 0.0514. The highest BCUT2D eigenvalue weighted by atomic mass is 19.1. The molecule has 2 aliphatic carbocycles. The lowest BCUT2D eigenvalue weighted by atomic mass is 9.55. The number of oxime groups is 1. The molecule has 6 atom stereocenters. The van der Waals surface area contributed by atoms with Crippen molar-refractivity contribution in [1.82, 2.24) is 4.90 Å². The summed E-state index contributed by atoms with van der Waals surface area (Å²) in [4.78, 5) is 33.3. The summed E-state index contributed by atoms with van der Waals surface area (Å²) in [6.07, 6.45) is 7.59. The van der Waals surface area contributed by atoms with Crippen molar-refractivity contribution in [3.8, 4) is 17.2 Å². The number of benzene rings is 3. The van der Waals surface area contributed by atoms with Gasteiger partial charge in [0, 0.05) is 43.7 Å². The lowest BCUT2D eigenvalue weighted by molar-refractivity contribution is -0.384. The minimum Gasteiger partial charge on any atom is -0.459 e. The molecule has 13 nitrogen and oxygen atoms in total. The van der Waals surface area contributed by atoms with E-state index in [4.69, 9.17) is 28.9 Å². The summed E-state index contributed by atoms with van der Waals surface area (Å²) in [5, 5.41) is 36.3. The zero-order valence-corrected chi connectivity index (χ0v) is 35.5. The minimum atomic E-state index is -1.56. The molecule has 1 fully saturated rings. The van der Waals surface area contributed by atoms with Crippen molar-refractivity contribution in [2.45, 2.75) is 103 Å². The summed E-state index contributed by atoms with van der Waals surface area (Å²) < 4.78 is 40.5. The van der Waals surface area contributed by atoms with Crippen LogP contribution in [0.3, 0.4) is 0 Å². The first kappa shape index (κ1) is 45.2. The van der Waals surface area contributed by atoms with E-state index in [2.05, 4.69) is 12.7 Å². The van der Waals surface area contributed by atoms with Gasteiger partial charge < -0.3 is 34.0 Å². The topological polar surface area (TPSA) is 162 Å². The number of aliphatic hydroxyl groups excluding tert-OH is 2. The Labute approximate surface area is 356 Å². The molecule has 0 bridgehead atoms. The van der Waals surface area contributed by atoms with E-state index in [0.717, 1.165) is 36.8 Å². The molecule has 3 aromatic carbocycles. The van der Waals surface area contributed by atoms with Gasteiger partial charge in [-0.15, -0.1) is 6.58 Å². The summed E-state index contributed by atoms with van der Waals surface area (Å²) in [7, 11) is 0. The Morgan fingerprint density at radius 2 is 1.77 bits per heavy atom. The molecule has 61 heavy (non-hydrogen) atoms. The number of allylic oxidation sites excluding steroid dienone is 1. The van der Waals surface area contributed by atoms with Gasteiger partial charge >= 0.3 is 6.09 Å². The highest BCUT2D eigenvalue weighted by Gasteiger charge is 2.65. The third-order valence-corrected chi connectivity index (χ3v) is 11.5. The second kappa shape index (κ2) is 20.0. The van der Waals surface area contributed by atoms with Crippen molar-refractivity contribution >= 4 is 17.5 Å². The van der Waals surface area contributed by atoms with Crippen LogP contribution < -0.4 is 9.47 Å². The Kier molecular flexibility index (Phi) is 14.9. The molecule has 0 saturated heterocycles. The normalized spacial score (nSPS) is 23.5. The Bertz CT molecular complexity index is 2070. The van der Waals surface area contributed by atoms with Crippen LogP contribution in [0.1, 0.15) is 89.7 Å². The molecule has 1 saturated carbocycles. The van der Waals surface area contributed by atoms with Gasteiger partial charge in [-0.25, -0.2) is 9.18 Å². The molecule has 2 N–H and O–H groups in total. The molecule has 6 rings (SSSR count). The van der Waals surface area contributed by atoms with Crippen molar-refractivity contribution in [2.75, 3.05) is 26.4 Å². The van der Waals surface area contributed by atoms with Crippen LogP contribution in [-0.2, 0) is 20.9 Å². The number of non-ortho nitro benzene ring substituents is 1. The average Bonchev–Trinajstić information content (AvgIpc) is 3.23. The SMILES string of the molecule is C=CCO[C@@]12Oc3ccc(Oc4cccc([N+](=O)[O-])c4)cc3[C@H]3[C@H](CCCCO)[C@@H](CCCCO)C=C(C(=NOC(C)(C)C)C[C@@H]1N(Cc1ccc(F)cc1)C(=O)OCC)[C@H]32. The number of rotatable bonds is 19. The van der Waals surface area contributed by atoms with E-state index in [-0.39, 0.29) is 68.6 Å².